The molecule has 1 aromatic heterocycles. The van der Waals surface area contributed by atoms with Crippen LogP contribution in [0.1, 0.15) is 54.5 Å². The molecule has 2 aliphatic rings. The number of para-hydroxylation sites is 1. The summed E-state index contributed by atoms with van der Waals surface area (Å²) in [6.07, 6.45) is 1.83. The maximum Gasteiger partial charge on any atom is 0.258 e. The first-order chi connectivity index (χ1) is 12.0. The summed E-state index contributed by atoms with van der Waals surface area (Å²) >= 11 is 6.69. The van der Waals surface area contributed by atoms with Gasteiger partial charge in [-0.15, -0.1) is 0 Å². The maximum absolute atomic E-state index is 13.1. The van der Waals surface area contributed by atoms with Gasteiger partial charge in [0.2, 0.25) is 0 Å². The lowest BCUT2D eigenvalue weighted by Crippen LogP contribution is -2.44. The van der Waals surface area contributed by atoms with Gasteiger partial charge in [-0.05, 0) is 37.8 Å². The molecular weight excluding hydrogens is 336 g/mol. The number of amides is 1. The van der Waals surface area contributed by atoms with Crippen LogP contribution in [0.15, 0.2) is 24.3 Å². The number of fused-ring (bicyclic) bond motifs is 1. The lowest BCUT2D eigenvalue weighted by molar-refractivity contribution is 0.0666. The summed E-state index contributed by atoms with van der Waals surface area (Å²) in [4.78, 5) is 15.1. The highest BCUT2D eigenvalue weighted by atomic mass is 35.5. The van der Waals surface area contributed by atoms with E-state index in [-0.39, 0.29) is 18.1 Å². The van der Waals surface area contributed by atoms with E-state index < -0.39 is 0 Å². The predicted molar refractivity (Wildman–Crippen MR) is 98.8 cm³/mol. The third-order valence-electron chi connectivity index (χ3n) is 4.82. The van der Waals surface area contributed by atoms with E-state index in [9.17, 15) is 4.79 Å². The molecule has 1 amide bonds. The Bertz CT molecular complexity index is 825. The van der Waals surface area contributed by atoms with Gasteiger partial charge in [0, 0.05) is 18.3 Å². The molecular formula is C19H23ClN4O. The number of hydrogen-bond acceptors (Lipinski definition) is 3. The Kier molecular flexibility index (Phi) is 3.99. The van der Waals surface area contributed by atoms with Gasteiger partial charge in [-0.25, -0.2) is 0 Å². The number of benzene rings is 1. The van der Waals surface area contributed by atoms with E-state index in [1.165, 1.54) is 0 Å². The number of anilines is 1. The summed E-state index contributed by atoms with van der Waals surface area (Å²) in [6, 6.07) is 7.96. The van der Waals surface area contributed by atoms with E-state index in [1.807, 2.05) is 40.8 Å². The van der Waals surface area contributed by atoms with Crippen molar-refractivity contribution in [2.45, 2.75) is 52.4 Å². The fourth-order valence-corrected chi connectivity index (χ4v) is 3.90. The Balaban J connectivity index is 1.79. The predicted octanol–water partition coefficient (Wildman–Crippen LogP) is 4.23. The average Bonchev–Trinajstić information content (AvgIpc) is 3.35. The second-order valence-electron chi connectivity index (χ2n) is 7.40. The van der Waals surface area contributed by atoms with Crippen LogP contribution in [0.4, 0.5) is 5.69 Å². The standard InChI is InChI=1S/C19H23ClN4O/c1-11(2)10-23-17(20)16(12(3)22-23)18-21-15-7-5-4-6-14(15)19(25)24(18)13-8-9-13/h4-7,11,13,18,21H,8-10H2,1-3H3/t18-/m0/s1. The summed E-state index contributed by atoms with van der Waals surface area (Å²) in [5, 5.41) is 8.78. The first kappa shape index (κ1) is 16.5. The molecule has 2 aromatic rings. The number of aromatic nitrogens is 2. The Morgan fingerprint density at radius 1 is 1.32 bits per heavy atom. The summed E-state index contributed by atoms with van der Waals surface area (Å²) < 4.78 is 1.86. The lowest BCUT2D eigenvalue weighted by atomic mass is 10.0. The quantitative estimate of drug-likeness (QED) is 0.889. The van der Waals surface area contributed by atoms with Gasteiger partial charge in [-0.1, -0.05) is 37.6 Å². The molecule has 5 nitrogen and oxygen atoms in total. The molecule has 0 radical (unpaired) electrons. The van der Waals surface area contributed by atoms with Crippen molar-refractivity contribution in [1.29, 1.82) is 0 Å². The van der Waals surface area contributed by atoms with Crippen LogP contribution in [-0.2, 0) is 6.54 Å². The van der Waals surface area contributed by atoms with Gasteiger partial charge in [0.25, 0.3) is 5.91 Å². The van der Waals surface area contributed by atoms with Crippen LogP contribution >= 0.6 is 11.6 Å². The number of carbonyl (C=O) groups excluding carboxylic acids is 1. The number of rotatable bonds is 4. The van der Waals surface area contributed by atoms with Gasteiger partial charge in [-0.3, -0.25) is 9.48 Å². The summed E-state index contributed by atoms with van der Waals surface area (Å²) in [5.41, 5.74) is 3.38. The van der Waals surface area contributed by atoms with Gasteiger partial charge in [0.1, 0.15) is 11.3 Å². The topological polar surface area (TPSA) is 50.2 Å². The number of aryl methyl sites for hydroxylation is 1. The Morgan fingerprint density at radius 3 is 2.72 bits per heavy atom. The van der Waals surface area contributed by atoms with Crippen molar-refractivity contribution in [3.05, 3.63) is 46.2 Å². The van der Waals surface area contributed by atoms with E-state index >= 15 is 0 Å². The minimum Gasteiger partial charge on any atom is -0.361 e. The fourth-order valence-electron chi connectivity index (χ4n) is 3.55. The number of hydrogen-bond donors (Lipinski definition) is 1. The van der Waals surface area contributed by atoms with E-state index in [0.717, 1.165) is 41.9 Å². The van der Waals surface area contributed by atoms with Gasteiger partial charge < -0.3 is 10.2 Å². The third kappa shape index (κ3) is 2.80. The first-order valence-corrected chi connectivity index (χ1v) is 9.26. The lowest BCUT2D eigenvalue weighted by Gasteiger charge is -2.38. The molecule has 4 rings (SSSR count). The van der Waals surface area contributed by atoms with Crippen LogP contribution in [0.3, 0.4) is 0 Å². The van der Waals surface area contributed by atoms with Crippen molar-refractivity contribution in [3.63, 3.8) is 0 Å². The first-order valence-electron chi connectivity index (χ1n) is 8.88. The van der Waals surface area contributed by atoms with Gasteiger partial charge in [-0.2, -0.15) is 5.10 Å². The number of halogens is 1. The van der Waals surface area contributed by atoms with E-state index in [0.29, 0.717) is 11.1 Å². The molecule has 0 unspecified atom stereocenters. The van der Waals surface area contributed by atoms with Gasteiger partial charge >= 0.3 is 0 Å². The van der Waals surface area contributed by atoms with Crippen LogP contribution in [0, 0.1) is 12.8 Å². The minimum absolute atomic E-state index is 0.0777. The fraction of sp³-hybridized carbons (Fsp3) is 0.474. The summed E-state index contributed by atoms with van der Waals surface area (Å²) in [5.74, 6) is 0.528. The Hall–Kier alpha value is -2.01. The highest BCUT2D eigenvalue weighted by Gasteiger charge is 2.43. The summed E-state index contributed by atoms with van der Waals surface area (Å²) in [7, 11) is 0. The molecule has 2 heterocycles. The zero-order chi connectivity index (χ0) is 17.7. The molecule has 1 N–H and O–H groups in total. The van der Waals surface area contributed by atoms with Crippen LogP contribution in [0.5, 0.6) is 0 Å². The molecule has 1 fully saturated rings. The highest BCUT2D eigenvalue weighted by molar-refractivity contribution is 6.30. The van der Waals surface area contributed by atoms with Crippen LogP contribution in [0.25, 0.3) is 0 Å². The molecule has 132 valence electrons. The monoisotopic (exact) mass is 358 g/mol. The van der Waals surface area contributed by atoms with Crippen molar-refractivity contribution in [3.8, 4) is 0 Å². The zero-order valence-electron chi connectivity index (χ0n) is 14.8. The Labute approximate surface area is 153 Å². The molecule has 1 aliphatic carbocycles. The van der Waals surface area contributed by atoms with Crippen molar-refractivity contribution >= 4 is 23.2 Å². The average molecular weight is 359 g/mol. The van der Waals surface area contributed by atoms with Crippen LogP contribution < -0.4 is 5.32 Å². The maximum atomic E-state index is 13.1. The zero-order valence-corrected chi connectivity index (χ0v) is 15.5. The molecule has 1 atom stereocenters. The van der Waals surface area contributed by atoms with Crippen molar-refractivity contribution < 1.29 is 4.79 Å². The number of nitrogens with one attached hydrogen (secondary N) is 1. The van der Waals surface area contributed by atoms with Crippen molar-refractivity contribution in [2.24, 2.45) is 5.92 Å². The molecule has 0 saturated heterocycles. The van der Waals surface area contributed by atoms with E-state index in [2.05, 4.69) is 24.3 Å². The second kappa shape index (κ2) is 6.06. The second-order valence-corrected chi connectivity index (χ2v) is 7.76. The number of carbonyl (C=O) groups is 1. The molecule has 0 spiro atoms. The SMILES string of the molecule is Cc1nn(CC(C)C)c(Cl)c1[C@H]1Nc2ccccc2C(=O)N1C1CC1. The van der Waals surface area contributed by atoms with Crippen LogP contribution in [0.2, 0.25) is 5.15 Å². The molecule has 0 bridgehead atoms. The molecule has 1 saturated carbocycles. The number of nitrogens with zero attached hydrogens (tertiary/aromatic N) is 3. The third-order valence-corrected chi connectivity index (χ3v) is 5.22. The van der Waals surface area contributed by atoms with E-state index in [1.54, 1.807) is 0 Å². The van der Waals surface area contributed by atoms with Gasteiger partial charge in [0.15, 0.2) is 0 Å². The largest absolute Gasteiger partial charge is 0.361 e. The Morgan fingerprint density at radius 2 is 2.04 bits per heavy atom. The van der Waals surface area contributed by atoms with Crippen molar-refractivity contribution in [1.82, 2.24) is 14.7 Å². The van der Waals surface area contributed by atoms with Gasteiger partial charge in [0.05, 0.1) is 16.8 Å². The minimum atomic E-state index is -0.261. The smallest absolute Gasteiger partial charge is 0.258 e. The normalized spacial score (nSPS) is 20.0. The van der Waals surface area contributed by atoms with Crippen LogP contribution in [-0.4, -0.2) is 26.6 Å². The molecule has 1 aromatic carbocycles. The van der Waals surface area contributed by atoms with E-state index in [4.69, 9.17) is 11.6 Å². The highest BCUT2D eigenvalue weighted by Crippen LogP contribution is 2.43. The van der Waals surface area contributed by atoms with Crippen molar-refractivity contribution in [2.75, 3.05) is 5.32 Å². The molecule has 6 heteroatoms. The molecule has 25 heavy (non-hydrogen) atoms. The molecule has 1 aliphatic heterocycles. The summed E-state index contributed by atoms with van der Waals surface area (Å²) in [6.45, 7) is 7.01.